The number of aliphatic carboxylic acids is 1. The van der Waals surface area contributed by atoms with Crippen LogP contribution < -0.4 is 0 Å². The van der Waals surface area contributed by atoms with Gasteiger partial charge in [-0.1, -0.05) is 32.3 Å². The Morgan fingerprint density at radius 1 is 1.32 bits per heavy atom. The Balaban J connectivity index is 1.75. The van der Waals surface area contributed by atoms with Crippen LogP contribution >= 0.6 is 11.8 Å². The molecule has 8 heteroatoms. The third-order valence-corrected chi connectivity index (χ3v) is 10.0. The molecule has 1 saturated carbocycles. The minimum atomic E-state index is -0.935. The van der Waals surface area contributed by atoms with E-state index in [1.54, 1.807) is 22.7 Å². The maximum Gasteiger partial charge on any atom is 0.308 e. The fourth-order valence-corrected chi connectivity index (χ4v) is 9.08. The number of nitrogens with zero attached hydrogens (tertiary/aromatic N) is 2. The second-order valence-electron chi connectivity index (χ2n) is 9.57. The molecule has 3 unspecified atom stereocenters. The molecular formula is C23H34N2O5S. The van der Waals surface area contributed by atoms with Crippen LogP contribution in [0.4, 0.5) is 0 Å². The number of hydrogen-bond donors (Lipinski definition) is 2. The van der Waals surface area contributed by atoms with Crippen molar-refractivity contribution in [1.29, 1.82) is 0 Å². The summed E-state index contributed by atoms with van der Waals surface area (Å²) < 4.78 is -0.703. The number of aliphatic hydroxyl groups is 1. The van der Waals surface area contributed by atoms with Gasteiger partial charge in [0.2, 0.25) is 11.8 Å². The summed E-state index contributed by atoms with van der Waals surface area (Å²) in [5.41, 5.74) is 0. The molecule has 2 bridgehead atoms. The van der Waals surface area contributed by atoms with Crippen molar-refractivity contribution in [2.75, 3.05) is 19.7 Å². The fraction of sp³-hybridized carbons (Fsp3) is 0.783. The van der Waals surface area contributed by atoms with Crippen LogP contribution in [0.25, 0.3) is 0 Å². The maximum atomic E-state index is 14.2. The molecule has 6 atom stereocenters. The summed E-state index contributed by atoms with van der Waals surface area (Å²) in [6.45, 7) is 6.57. The minimum Gasteiger partial charge on any atom is -0.481 e. The van der Waals surface area contributed by atoms with E-state index < -0.39 is 28.6 Å². The first-order valence-corrected chi connectivity index (χ1v) is 12.5. The number of likely N-dealkylation sites (tertiary alicyclic amines) is 1. The van der Waals surface area contributed by atoms with Gasteiger partial charge in [-0.15, -0.1) is 18.3 Å². The van der Waals surface area contributed by atoms with Crippen LogP contribution in [0.1, 0.15) is 51.9 Å². The average molecular weight is 451 g/mol. The first-order chi connectivity index (χ1) is 14.9. The molecule has 31 heavy (non-hydrogen) atoms. The molecule has 3 heterocycles. The fourth-order valence-electron chi connectivity index (χ4n) is 6.67. The molecule has 1 spiro atoms. The number of hydrogen-bond acceptors (Lipinski definition) is 5. The van der Waals surface area contributed by atoms with E-state index in [9.17, 15) is 24.6 Å². The minimum absolute atomic E-state index is 0.0633. The van der Waals surface area contributed by atoms with Crippen LogP contribution in [0, 0.1) is 17.8 Å². The molecule has 0 aromatic rings. The van der Waals surface area contributed by atoms with Crippen LogP contribution in [0.5, 0.6) is 0 Å². The third kappa shape index (κ3) is 3.41. The van der Waals surface area contributed by atoms with Gasteiger partial charge in [-0.25, -0.2) is 0 Å². The predicted octanol–water partition coefficient (Wildman–Crippen LogP) is 2.14. The molecule has 1 aliphatic carbocycles. The smallest absolute Gasteiger partial charge is 0.308 e. The highest BCUT2D eigenvalue weighted by molar-refractivity contribution is 8.02. The monoisotopic (exact) mass is 450 g/mol. The molecule has 0 aromatic carbocycles. The van der Waals surface area contributed by atoms with E-state index in [0.29, 0.717) is 19.4 Å². The molecule has 7 nitrogen and oxygen atoms in total. The number of carbonyl (C=O) groups is 3. The summed E-state index contributed by atoms with van der Waals surface area (Å²) in [5, 5.41) is 19.2. The van der Waals surface area contributed by atoms with Crippen molar-refractivity contribution in [1.82, 2.24) is 9.80 Å². The zero-order valence-corrected chi connectivity index (χ0v) is 19.1. The van der Waals surface area contributed by atoms with Crippen molar-refractivity contribution in [3.8, 4) is 0 Å². The SMILES string of the molecule is C=CCN(C(=O)C1N(CCCO)C(=O)[C@@H]2[C@H](C(=O)O)[C@@H]3CC(C)C12S3)C1CCCCC1. The Hall–Kier alpha value is -1.54. The summed E-state index contributed by atoms with van der Waals surface area (Å²) in [7, 11) is 0. The molecule has 2 N–H and O–H groups in total. The summed E-state index contributed by atoms with van der Waals surface area (Å²) >= 11 is 1.57. The molecule has 0 radical (unpaired) electrons. The van der Waals surface area contributed by atoms with Crippen LogP contribution in [-0.4, -0.2) is 79.6 Å². The van der Waals surface area contributed by atoms with Crippen LogP contribution in [0.15, 0.2) is 12.7 Å². The van der Waals surface area contributed by atoms with Crippen molar-refractivity contribution in [3.63, 3.8) is 0 Å². The number of amides is 2. The predicted molar refractivity (Wildman–Crippen MR) is 118 cm³/mol. The lowest BCUT2D eigenvalue weighted by Crippen LogP contribution is -2.59. The summed E-state index contributed by atoms with van der Waals surface area (Å²) in [4.78, 5) is 43.4. The number of aliphatic hydroxyl groups excluding tert-OH is 1. The van der Waals surface area contributed by atoms with E-state index in [2.05, 4.69) is 13.5 Å². The van der Waals surface area contributed by atoms with Gasteiger partial charge in [0.05, 0.1) is 16.6 Å². The average Bonchev–Trinajstić information content (AvgIpc) is 3.34. The lowest BCUT2D eigenvalue weighted by molar-refractivity contribution is -0.149. The van der Waals surface area contributed by atoms with Gasteiger partial charge in [0.1, 0.15) is 6.04 Å². The number of thioether (sulfide) groups is 1. The van der Waals surface area contributed by atoms with E-state index >= 15 is 0 Å². The second kappa shape index (κ2) is 8.77. The van der Waals surface area contributed by atoms with Gasteiger partial charge in [0.15, 0.2) is 0 Å². The highest BCUT2D eigenvalue weighted by atomic mass is 32.2. The van der Waals surface area contributed by atoms with Crippen molar-refractivity contribution < 1.29 is 24.6 Å². The largest absolute Gasteiger partial charge is 0.481 e. The number of fused-ring (bicyclic) bond motifs is 1. The molecule has 4 rings (SSSR count). The quantitative estimate of drug-likeness (QED) is 0.550. The van der Waals surface area contributed by atoms with Gasteiger partial charge < -0.3 is 20.0 Å². The topological polar surface area (TPSA) is 98.2 Å². The third-order valence-electron chi connectivity index (χ3n) is 7.95. The number of rotatable bonds is 8. The number of carboxylic acids is 1. The van der Waals surface area contributed by atoms with Gasteiger partial charge in [-0.3, -0.25) is 14.4 Å². The van der Waals surface area contributed by atoms with Crippen molar-refractivity contribution >= 4 is 29.5 Å². The van der Waals surface area contributed by atoms with Gasteiger partial charge in [0.25, 0.3) is 0 Å². The molecule has 4 fully saturated rings. The standard InChI is InChI=1S/C23H34N2O5S/c1-3-10-24(15-8-5-4-6-9-15)21(28)19-23-14(2)13-16(31-23)17(22(29)30)18(23)20(27)25(19)11-7-12-26/h3,14-19,26H,1,4-13H2,2H3,(H,29,30)/t14?,16-,17+,18-,19?,23?/m0/s1. The van der Waals surface area contributed by atoms with Gasteiger partial charge >= 0.3 is 5.97 Å². The van der Waals surface area contributed by atoms with Crippen molar-refractivity contribution in [3.05, 3.63) is 12.7 Å². The number of carboxylic acid groups (broad SMARTS) is 1. The van der Waals surface area contributed by atoms with Gasteiger partial charge in [0, 0.05) is 31.0 Å². The van der Waals surface area contributed by atoms with E-state index in [-0.39, 0.29) is 42.2 Å². The normalized spacial score (nSPS) is 37.2. The molecule has 2 amide bonds. The Labute approximate surface area is 188 Å². The lowest BCUT2D eigenvalue weighted by Gasteiger charge is -2.43. The molecule has 3 saturated heterocycles. The maximum absolute atomic E-state index is 14.2. The van der Waals surface area contributed by atoms with Gasteiger partial charge in [-0.05, 0) is 31.6 Å². The van der Waals surface area contributed by atoms with Crippen LogP contribution in [0.2, 0.25) is 0 Å². The zero-order valence-electron chi connectivity index (χ0n) is 18.2. The number of carbonyl (C=O) groups excluding carboxylic acids is 2. The lowest BCUT2D eigenvalue weighted by atomic mass is 9.66. The van der Waals surface area contributed by atoms with E-state index in [0.717, 1.165) is 25.7 Å². The summed E-state index contributed by atoms with van der Waals surface area (Å²) in [6, 6.07) is -0.536. The summed E-state index contributed by atoms with van der Waals surface area (Å²) in [5.74, 6) is -2.55. The Morgan fingerprint density at radius 2 is 2.03 bits per heavy atom. The molecule has 4 aliphatic rings. The van der Waals surface area contributed by atoms with Crippen molar-refractivity contribution in [2.24, 2.45) is 17.8 Å². The summed E-state index contributed by atoms with van der Waals surface area (Å²) in [6.07, 6.45) is 8.11. The molecule has 3 aliphatic heterocycles. The Morgan fingerprint density at radius 3 is 2.65 bits per heavy atom. The highest BCUT2D eigenvalue weighted by Gasteiger charge is 2.76. The van der Waals surface area contributed by atoms with Crippen molar-refractivity contribution in [2.45, 2.75) is 74.0 Å². The first-order valence-electron chi connectivity index (χ1n) is 11.6. The first kappa shape index (κ1) is 22.6. The molecule has 0 aromatic heterocycles. The Kier molecular flexibility index (Phi) is 6.41. The van der Waals surface area contributed by atoms with E-state index in [4.69, 9.17) is 0 Å². The molecule has 172 valence electrons. The zero-order chi connectivity index (χ0) is 22.3. The van der Waals surface area contributed by atoms with E-state index in [1.165, 1.54) is 6.42 Å². The van der Waals surface area contributed by atoms with Gasteiger partial charge in [-0.2, -0.15) is 0 Å². The molecular weight excluding hydrogens is 416 g/mol. The second-order valence-corrected chi connectivity index (χ2v) is 11.1. The van der Waals surface area contributed by atoms with E-state index in [1.807, 2.05) is 4.90 Å². The van der Waals surface area contributed by atoms with Crippen LogP contribution in [0.3, 0.4) is 0 Å². The Bertz CT molecular complexity index is 754. The highest BCUT2D eigenvalue weighted by Crippen LogP contribution is 2.68. The van der Waals surface area contributed by atoms with Crippen LogP contribution in [-0.2, 0) is 14.4 Å².